The van der Waals surface area contributed by atoms with E-state index in [4.69, 9.17) is 5.73 Å². The van der Waals surface area contributed by atoms with Crippen molar-refractivity contribution in [1.29, 1.82) is 0 Å². The van der Waals surface area contributed by atoms with Crippen LogP contribution in [0.15, 0.2) is 37.0 Å². The number of hydrogen-bond donors (Lipinski definition) is 2. The summed E-state index contributed by atoms with van der Waals surface area (Å²) < 4.78 is 0. The van der Waals surface area contributed by atoms with Crippen LogP contribution in [0, 0.1) is 5.92 Å². The Morgan fingerprint density at radius 3 is 2.15 bits per heavy atom. The number of aliphatic hydroxyl groups is 1. The first-order valence-electron chi connectivity index (χ1n) is 11.3. The fourth-order valence-electron chi connectivity index (χ4n) is 3.48. The number of aliphatic hydroxyl groups excluding tert-OH is 1. The van der Waals surface area contributed by atoms with Crippen LogP contribution in [-0.2, 0) is 0 Å². The highest BCUT2D eigenvalue weighted by molar-refractivity contribution is 5.06. The molecule has 0 aliphatic carbocycles. The van der Waals surface area contributed by atoms with Gasteiger partial charge in [0.1, 0.15) is 0 Å². The second-order valence-corrected chi connectivity index (χ2v) is 8.31. The molecule has 0 heterocycles. The third-order valence-corrected chi connectivity index (χ3v) is 5.79. The van der Waals surface area contributed by atoms with Crippen molar-refractivity contribution in [2.75, 3.05) is 0 Å². The molecule has 0 saturated heterocycles. The van der Waals surface area contributed by atoms with E-state index in [1.807, 2.05) is 6.92 Å². The second kappa shape index (κ2) is 16.1. The van der Waals surface area contributed by atoms with E-state index in [0.29, 0.717) is 6.42 Å². The van der Waals surface area contributed by atoms with Gasteiger partial charge in [-0.1, -0.05) is 83.3 Å². The summed E-state index contributed by atoms with van der Waals surface area (Å²) in [5.74, 6) is 0.146. The van der Waals surface area contributed by atoms with Crippen molar-refractivity contribution in [1.82, 2.24) is 0 Å². The number of allylic oxidation sites excluding steroid dienone is 3. The molecule has 158 valence electrons. The van der Waals surface area contributed by atoms with Gasteiger partial charge >= 0.3 is 0 Å². The maximum Gasteiger partial charge on any atom is 0.0783 e. The van der Waals surface area contributed by atoms with E-state index in [9.17, 15) is 5.11 Å². The van der Waals surface area contributed by atoms with Gasteiger partial charge in [0, 0.05) is 0 Å². The molecule has 0 aromatic carbocycles. The van der Waals surface area contributed by atoms with Crippen molar-refractivity contribution in [2.45, 2.75) is 116 Å². The summed E-state index contributed by atoms with van der Waals surface area (Å²) in [6, 6.07) is 0. The Bertz CT molecular complexity index is 415. The summed E-state index contributed by atoms with van der Waals surface area (Å²) in [5, 5.41) is 10.4. The van der Waals surface area contributed by atoms with Crippen LogP contribution in [0.4, 0.5) is 0 Å². The molecule has 3 N–H and O–H groups in total. The molecule has 0 radical (unpaired) electrons. The molecule has 0 aliphatic rings. The third kappa shape index (κ3) is 12.3. The predicted octanol–water partition coefficient (Wildman–Crippen LogP) is 7.09. The minimum Gasteiger partial charge on any atom is -0.391 e. The van der Waals surface area contributed by atoms with Gasteiger partial charge in [-0.3, -0.25) is 0 Å². The number of unbranched alkanes of at least 4 members (excludes halogenated alkanes) is 7. The molecular weight excluding hydrogens is 330 g/mol. The molecule has 0 aromatic rings. The van der Waals surface area contributed by atoms with E-state index in [1.165, 1.54) is 69.8 Å². The number of hydrogen-bond acceptors (Lipinski definition) is 2. The first-order chi connectivity index (χ1) is 12.9. The van der Waals surface area contributed by atoms with Crippen molar-refractivity contribution in [2.24, 2.45) is 11.7 Å². The maximum absolute atomic E-state index is 10.4. The van der Waals surface area contributed by atoms with E-state index in [2.05, 4.69) is 39.2 Å². The van der Waals surface area contributed by atoms with E-state index < -0.39 is 11.6 Å². The van der Waals surface area contributed by atoms with Gasteiger partial charge in [-0.05, 0) is 57.3 Å². The van der Waals surface area contributed by atoms with Gasteiger partial charge in [0.15, 0.2) is 0 Å². The molecule has 0 bridgehead atoms. The minimum atomic E-state index is -0.673. The van der Waals surface area contributed by atoms with Crippen LogP contribution in [0.3, 0.4) is 0 Å². The van der Waals surface area contributed by atoms with E-state index in [0.717, 1.165) is 12.8 Å². The number of nitrogens with two attached hydrogens (primary N) is 1. The highest BCUT2D eigenvalue weighted by Gasteiger charge is 2.32. The lowest BCUT2D eigenvalue weighted by molar-refractivity contribution is 0.0586. The van der Waals surface area contributed by atoms with Crippen molar-refractivity contribution in [3.63, 3.8) is 0 Å². The predicted molar refractivity (Wildman–Crippen MR) is 122 cm³/mol. The lowest BCUT2D eigenvalue weighted by Crippen LogP contribution is -2.51. The largest absolute Gasteiger partial charge is 0.391 e. The Balaban J connectivity index is 3.70. The van der Waals surface area contributed by atoms with Crippen molar-refractivity contribution in [3.05, 3.63) is 37.0 Å². The average molecular weight is 378 g/mol. The van der Waals surface area contributed by atoms with Crippen LogP contribution in [0.5, 0.6) is 0 Å². The molecule has 0 amide bonds. The summed E-state index contributed by atoms with van der Waals surface area (Å²) in [5.41, 5.74) is 6.97. The molecule has 27 heavy (non-hydrogen) atoms. The fraction of sp³-hybridized carbons (Fsp3) is 0.760. The zero-order valence-corrected chi connectivity index (χ0v) is 18.5. The molecule has 0 spiro atoms. The Morgan fingerprint density at radius 1 is 1.00 bits per heavy atom. The van der Waals surface area contributed by atoms with Gasteiger partial charge in [-0.2, -0.15) is 0 Å². The minimum absolute atomic E-state index is 0.146. The Morgan fingerprint density at radius 2 is 1.59 bits per heavy atom. The highest BCUT2D eigenvalue weighted by atomic mass is 16.3. The smallest absolute Gasteiger partial charge is 0.0783 e. The molecule has 0 saturated carbocycles. The van der Waals surface area contributed by atoms with Gasteiger partial charge in [0.25, 0.3) is 0 Å². The maximum atomic E-state index is 10.4. The molecule has 0 aliphatic heterocycles. The molecular formula is C25H47NO. The van der Waals surface area contributed by atoms with Gasteiger partial charge in [0.05, 0.1) is 11.6 Å². The van der Waals surface area contributed by atoms with Gasteiger partial charge < -0.3 is 10.8 Å². The first-order valence-corrected chi connectivity index (χ1v) is 11.3. The van der Waals surface area contributed by atoms with Gasteiger partial charge in [0.2, 0.25) is 0 Å². The monoisotopic (exact) mass is 377 g/mol. The molecule has 2 heteroatoms. The first kappa shape index (κ1) is 26.1. The summed E-state index contributed by atoms with van der Waals surface area (Å²) in [6.45, 7) is 14.3. The molecule has 2 nitrogen and oxygen atoms in total. The van der Waals surface area contributed by atoms with Crippen LogP contribution in [-0.4, -0.2) is 16.7 Å². The normalized spacial score (nSPS) is 16.2. The molecule has 0 fully saturated rings. The molecule has 3 atom stereocenters. The van der Waals surface area contributed by atoms with Gasteiger partial charge in [-0.25, -0.2) is 0 Å². The lowest BCUT2D eigenvalue weighted by atomic mass is 9.82. The fourth-order valence-corrected chi connectivity index (χ4v) is 3.48. The summed E-state index contributed by atoms with van der Waals surface area (Å²) >= 11 is 0. The van der Waals surface area contributed by atoms with E-state index >= 15 is 0 Å². The summed E-state index contributed by atoms with van der Waals surface area (Å²) in [4.78, 5) is 0. The zero-order chi connectivity index (χ0) is 20.5. The quantitative estimate of drug-likeness (QED) is 0.198. The van der Waals surface area contributed by atoms with Crippen LogP contribution < -0.4 is 5.73 Å². The lowest BCUT2D eigenvalue weighted by Gasteiger charge is -2.33. The molecule has 0 aromatic heterocycles. The van der Waals surface area contributed by atoms with E-state index in [-0.39, 0.29) is 5.92 Å². The topological polar surface area (TPSA) is 46.2 Å². The van der Waals surface area contributed by atoms with Crippen LogP contribution in [0.1, 0.15) is 104 Å². The standard InChI is InChI=1S/C25H47NO/c1-6-9-10-16-19-22(4)20-17-14-12-11-13-15-18-21-23(5)24(27)25(26,7-2)8-3/h7,15,18,23-24,27H,2,4,6,8-14,16-17,19-21,26H2,1,3,5H3/b18-15+. The van der Waals surface area contributed by atoms with Crippen molar-refractivity contribution in [3.8, 4) is 0 Å². The van der Waals surface area contributed by atoms with Crippen molar-refractivity contribution < 1.29 is 5.11 Å². The van der Waals surface area contributed by atoms with Crippen LogP contribution in [0.25, 0.3) is 0 Å². The Labute approximate surface area is 170 Å². The summed E-state index contributed by atoms with van der Waals surface area (Å²) in [7, 11) is 0. The van der Waals surface area contributed by atoms with Gasteiger partial charge in [-0.15, -0.1) is 6.58 Å². The average Bonchev–Trinajstić information content (AvgIpc) is 2.68. The zero-order valence-electron chi connectivity index (χ0n) is 18.5. The van der Waals surface area contributed by atoms with Crippen molar-refractivity contribution >= 4 is 0 Å². The molecule has 0 rings (SSSR count). The SMILES string of the molecule is C=CC(N)(CC)C(O)C(C)C/C=C/CCCCCCC(=C)CCCCCC. The van der Waals surface area contributed by atoms with Crippen LogP contribution >= 0.6 is 0 Å². The third-order valence-electron chi connectivity index (χ3n) is 5.79. The van der Waals surface area contributed by atoms with Crippen LogP contribution in [0.2, 0.25) is 0 Å². The summed E-state index contributed by atoms with van der Waals surface area (Å²) in [6.07, 6.45) is 21.2. The molecule has 3 unspecified atom stereocenters. The highest BCUT2D eigenvalue weighted by Crippen LogP contribution is 2.23. The van der Waals surface area contributed by atoms with E-state index in [1.54, 1.807) is 6.08 Å². The Kier molecular flexibility index (Phi) is 15.6. The number of rotatable bonds is 18. The Hall–Kier alpha value is -0.860. The second-order valence-electron chi connectivity index (χ2n) is 8.31.